The summed E-state index contributed by atoms with van der Waals surface area (Å²) in [7, 11) is 1.75. The highest BCUT2D eigenvalue weighted by Crippen LogP contribution is 2.00. The Morgan fingerprint density at radius 1 is 1.17 bits per heavy atom. The van der Waals surface area contributed by atoms with Gasteiger partial charge >= 0.3 is 5.97 Å². The van der Waals surface area contributed by atoms with Gasteiger partial charge < -0.3 is 15.7 Å². The molecular weight excluding hydrogens is 316 g/mol. The fraction of sp³-hybridized carbons (Fsp3) is 0.357. The molecule has 0 aromatic carbocycles. The molecule has 0 bridgehead atoms. The van der Waals surface area contributed by atoms with Crippen molar-refractivity contribution in [3.05, 3.63) is 35.4 Å². The topological polar surface area (TPSA) is 131 Å². The highest BCUT2D eigenvalue weighted by molar-refractivity contribution is 5.92. The lowest BCUT2D eigenvalue weighted by Gasteiger charge is -2.06. The summed E-state index contributed by atoms with van der Waals surface area (Å²) in [5.41, 5.74) is 1.06. The van der Waals surface area contributed by atoms with Gasteiger partial charge in [-0.25, -0.2) is 4.79 Å². The molecule has 0 aliphatic carbocycles. The molecule has 0 unspecified atom stereocenters. The van der Waals surface area contributed by atoms with E-state index >= 15 is 0 Å². The van der Waals surface area contributed by atoms with Crippen LogP contribution in [0.15, 0.2) is 18.3 Å². The molecule has 0 aliphatic rings. The van der Waals surface area contributed by atoms with Gasteiger partial charge in [-0.05, 0) is 19.1 Å². The molecule has 10 heteroatoms. The van der Waals surface area contributed by atoms with E-state index in [1.807, 2.05) is 6.92 Å². The number of carbonyl (C=O) groups is 3. The second-order valence-electron chi connectivity index (χ2n) is 5.10. The van der Waals surface area contributed by atoms with Crippen LogP contribution in [0.3, 0.4) is 0 Å². The standard InChI is InChI=1S/C14H18N6O4/c1-9-7-11(17-19(9)2)13(22)16-5-4-15-12(21)8-20-6-3-10(18-20)14(23)24/h3,6-7H,4-5,8H2,1-2H3,(H,15,21)(H,16,22)(H,23,24). The van der Waals surface area contributed by atoms with Crippen molar-refractivity contribution in [2.75, 3.05) is 13.1 Å². The number of carbonyl (C=O) groups excluding carboxylic acids is 2. The summed E-state index contributed by atoms with van der Waals surface area (Å²) in [5, 5.41) is 21.8. The maximum absolute atomic E-state index is 11.8. The maximum atomic E-state index is 11.8. The molecule has 2 amide bonds. The van der Waals surface area contributed by atoms with E-state index < -0.39 is 5.97 Å². The first-order valence-corrected chi connectivity index (χ1v) is 7.19. The lowest BCUT2D eigenvalue weighted by Crippen LogP contribution is -2.36. The summed E-state index contributed by atoms with van der Waals surface area (Å²) >= 11 is 0. The van der Waals surface area contributed by atoms with Crippen LogP contribution in [0.2, 0.25) is 0 Å². The monoisotopic (exact) mass is 334 g/mol. The van der Waals surface area contributed by atoms with Crippen molar-refractivity contribution in [1.82, 2.24) is 30.2 Å². The quantitative estimate of drug-likeness (QED) is 0.566. The van der Waals surface area contributed by atoms with E-state index in [1.165, 1.54) is 16.9 Å². The third kappa shape index (κ3) is 4.41. The number of aryl methyl sites for hydroxylation is 2. The summed E-state index contributed by atoms with van der Waals surface area (Å²) in [6, 6.07) is 2.98. The molecule has 3 N–H and O–H groups in total. The van der Waals surface area contributed by atoms with Gasteiger partial charge in [-0.2, -0.15) is 10.2 Å². The highest BCUT2D eigenvalue weighted by atomic mass is 16.4. The Bertz CT molecular complexity index is 744. The molecule has 128 valence electrons. The lowest BCUT2D eigenvalue weighted by atomic mass is 10.3. The third-order valence-corrected chi connectivity index (χ3v) is 3.24. The van der Waals surface area contributed by atoms with E-state index in [9.17, 15) is 14.4 Å². The lowest BCUT2D eigenvalue weighted by molar-refractivity contribution is -0.121. The molecule has 0 fully saturated rings. The van der Waals surface area contributed by atoms with Crippen molar-refractivity contribution in [1.29, 1.82) is 0 Å². The number of carboxylic acid groups (broad SMARTS) is 1. The number of rotatable bonds is 7. The van der Waals surface area contributed by atoms with Gasteiger partial charge in [-0.15, -0.1) is 0 Å². The van der Waals surface area contributed by atoms with Crippen LogP contribution in [0, 0.1) is 6.92 Å². The van der Waals surface area contributed by atoms with Crippen molar-refractivity contribution in [2.24, 2.45) is 7.05 Å². The number of carboxylic acids is 1. The largest absolute Gasteiger partial charge is 0.476 e. The van der Waals surface area contributed by atoms with Crippen LogP contribution in [0.25, 0.3) is 0 Å². The Labute approximate surface area is 137 Å². The average Bonchev–Trinajstić information content (AvgIpc) is 3.11. The molecule has 24 heavy (non-hydrogen) atoms. The second kappa shape index (κ2) is 7.40. The van der Waals surface area contributed by atoms with E-state index in [-0.39, 0.29) is 37.1 Å². The Balaban J connectivity index is 1.70. The highest BCUT2D eigenvalue weighted by Gasteiger charge is 2.11. The SMILES string of the molecule is Cc1cc(C(=O)NCCNC(=O)Cn2ccc(C(=O)O)n2)nn1C. The van der Waals surface area contributed by atoms with Crippen molar-refractivity contribution in [3.63, 3.8) is 0 Å². The van der Waals surface area contributed by atoms with Crippen LogP contribution >= 0.6 is 0 Å². The molecule has 0 aliphatic heterocycles. The van der Waals surface area contributed by atoms with Crippen LogP contribution in [0.5, 0.6) is 0 Å². The number of aromatic carboxylic acids is 1. The van der Waals surface area contributed by atoms with Gasteiger partial charge in [0.25, 0.3) is 5.91 Å². The number of hydrogen-bond acceptors (Lipinski definition) is 5. The molecule has 0 saturated carbocycles. The van der Waals surface area contributed by atoms with Gasteiger partial charge in [-0.3, -0.25) is 19.0 Å². The number of nitrogens with zero attached hydrogens (tertiary/aromatic N) is 4. The van der Waals surface area contributed by atoms with Crippen LogP contribution < -0.4 is 10.6 Å². The minimum absolute atomic E-state index is 0.0966. The first kappa shape index (κ1) is 17.2. The van der Waals surface area contributed by atoms with Crippen LogP contribution in [-0.4, -0.2) is 55.5 Å². The zero-order valence-electron chi connectivity index (χ0n) is 13.3. The van der Waals surface area contributed by atoms with Crippen molar-refractivity contribution < 1.29 is 19.5 Å². The molecule has 0 saturated heterocycles. The second-order valence-corrected chi connectivity index (χ2v) is 5.10. The minimum Gasteiger partial charge on any atom is -0.476 e. The van der Waals surface area contributed by atoms with Crippen molar-refractivity contribution in [2.45, 2.75) is 13.5 Å². The van der Waals surface area contributed by atoms with Gasteiger partial charge in [-0.1, -0.05) is 0 Å². The van der Waals surface area contributed by atoms with E-state index in [1.54, 1.807) is 17.8 Å². The van der Waals surface area contributed by atoms with Gasteiger partial charge in [0.15, 0.2) is 5.69 Å². The summed E-state index contributed by atoms with van der Waals surface area (Å²) < 4.78 is 2.83. The average molecular weight is 334 g/mol. The van der Waals surface area contributed by atoms with E-state index in [0.29, 0.717) is 5.69 Å². The molecular formula is C14H18N6O4. The normalized spacial score (nSPS) is 10.4. The van der Waals surface area contributed by atoms with E-state index in [0.717, 1.165) is 5.69 Å². The number of amides is 2. The van der Waals surface area contributed by atoms with E-state index in [4.69, 9.17) is 5.11 Å². The number of hydrogen-bond donors (Lipinski definition) is 3. The zero-order chi connectivity index (χ0) is 17.7. The Hall–Kier alpha value is -3.17. The molecule has 0 atom stereocenters. The molecule has 0 radical (unpaired) electrons. The summed E-state index contributed by atoms with van der Waals surface area (Å²) in [4.78, 5) is 34.2. The fourth-order valence-electron chi connectivity index (χ4n) is 1.91. The van der Waals surface area contributed by atoms with Crippen LogP contribution in [0.1, 0.15) is 26.7 Å². The summed E-state index contributed by atoms with van der Waals surface area (Å²) in [6.07, 6.45) is 1.41. The number of aromatic nitrogens is 4. The predicted octanol–water partition coefficient (Wildman–Crippen LogP) is -0.831. The van der Waals surface area contributed by atoms with Crippen molar-refractivity contribution >= 4 is 17.8 Å². The summed E-state index contributed by atoms with van der Waals surface area (Å²) in [6.45, 7) is 2.23. The van der Waals surface area contributed by atoms with Crippen LogP contribution in [0.4, 0.5) is 0 Å². The smallest absolute Gasteiger partial charge is 0.356 e. The maximum Gasteiger partial charge on any atom is 0.356 e. The Morgan fingerprint density at radius 3 is 2.46 bits per heavy atom. The minimum atomic E-state index is -1.15. The summed E-state index contributed by atoms with van der Waals surface area (Å²) in [5.74, 6) is -1.80. The Morgan fingerprint density at radius 2 is 1.88 bits per heavy atom. The zero-order valence-corrected chi connectivity index (χ0v) is 13.3. The molecule has 2 aromatic heterocycles. The van der Waals surface area contributed by atoms with Gasteiger partial charge in [0, 0.05) is 32.0 Å². The van der Waals surface area contributed by atoms with Crippen molar-refractivity contribution in [3.8, 4) is 0 Å². The van der Waals surface area contributed by atoms with Crippen LogP contribution in [-0.2, 0) is 18.4 Å². The molecule has 0 spiro atoms. The number of nitrogens with one attached hydrogen (secondary N) is 2. The predicted molar refractivity (Wildman–Crippen MR) is 82.5 cm³/mol. The molecule has 2 aromatic rings. The fourth-order valence-corrected chi connectivity index (χ4v) is 1.91. The van der Waals surface area contributed by atoms with Gasteiger partial charge in [0.1, 0.15) is 12.2 Å². The first-order valence-electron chi connectivity index (χ1n) is 7.19. The molecule has 2 rings (SSSR count). The third-order valence-electron chi connectivity index (χ3n) is 3.24. The van der Waals surface area contributed by atoms with E-state index in [2.05, 4.69) is 20.8 Å². The first-order chi connectivity index (χ1) is 11.4. The molecule has 10 nitrogen and oxygen atoms in total. The van der Waals surface area contributed by atoms with Gasteiger partial charge in [0.05, 0.1) is 0 Å². The van der Waals surface area contributed by atoms with Gasteiger partial charge in [0.2, 0.25) is 5.91 Å². The Kier molecular flexibility index (Phi) is 5.30. The molecule has 2 heterocycles.